The maximum absolute atomic E-state index is 13.3. The second-order valence-corrected chi connectivity index (χ2v) is 5.82. The average Bonchev–Trinajstić information content (AvgIpc) is 2.52. The first-order chi connectivity index (χ1) is 10.7. The number of benzene rings is 2. The van der Waals surface area contributed by atoms with E-state index >= 15 is 0 Å². The summed E-state index contributed by atoms with van der Waals surface area (Å²) in [5, 5.41) is 3.46. The van der Waals surface area contributed by atoms with Crippen LogP contribution in [0.1, 0.15) is 11.1 Å². The third kappa shape index (κ3) is 3.90. The Morgan fingerprint density at radius 1 is 1.00 bits per heavy atom. The van der Waals surface area contributed by atoms with E-state index in [1.165, 1.54) is 17.7 Å². The van der Waals surface area contributed by atoms with Crippen LogP contribution in [0.5, 0.6) is 0 Å². The maximum Gasteiger partial charge on any atom is 0.159 e. The van der Waals surface area contributed by atoms with Crippen LogP contribution in [0.4, 0.5) is 8.78 Å². The van der Waals surface area contributed by atoms with Crippen molar-refractivity contribution in [2.45, 2.75) is 19.0 Å². The van der Waals surface area contributed by atoms with E-state index in [0.717, 1.165) is 31.7 Å². The highest BCUT2D eigenvalue weighted by Gasteiger charge is 2.20. The van der Waals surface area contributed by atoms with E-state index in [2.05, 4.69) is 34.5 Å². The molecule has 4 heteroatoms. The third-order valence-electron chi connectivity index (χ3n) is 4.05. The molecule has 2 aromatic carbocycles. The van der Waals surface area contributed by atoms with E-state index in [1.807, 2.05) is 6.07 Å². The van der Waals surface area contributed by atoms with Crippen LogP contribution in [-0.2, 0) is 13.0 Å². The smallest absolute Gasteiger partial charge is 0.159 e. The molecule has 2 aromatic rings. The largest absolute Gasteiger partial charge is 0.311 e. The molecule has 22 heavy (non-hydrogen) atoms. The van der Waals surface area contributed by atoms with Gasteiger partial charge in [0, 0.05) is 32.2 Å². The first kappa shape index (κ1) is 15.1. The molecule has 1 aliphatic heterocycles. The molecule has 1 N–H and O–H groups in total. The minimum absolute atomic E-state index is 0.266. The van der Waals surface area contributed by atoms with Crippen molar-refractivity contribution in [1.29, 1.82) is 0 Å². The second-order valence-electron chi connectivity index (χ2n) is 5.82. The lowest BCUT2D eigenvalue weighted by molar-refractivity contribution is 0.192. The number of piperazine rings is 1. The molecule has 0 spiro atoms. The van der Waals surface area contributed by atoms with Gasteiger partial charge in [0.1, 0.15) is 0 Å². The van der Waals surface area contributed by atoms with Gasteiger partial charge in [-0.25, -0.2) is 8.78 Å². The van der Waals surface area contributed by atoms with Crippen LogP contribution >= 0.6 is 0 Å². The van der Waals surface area contributed by atoms with Crippen LogP contribution in [0.3, 0.4) is 0 Å². The van der Waals surface area contributed by atoms with Crippen molar-refractivity contribution in [2.75, 3.05) is 19.6 Å². The summed E-state index contributed by atoms with van der Waals surface area (Å²) in [7, 11) is 0. The normalized spacial score (nSPS) is 19.3. The summed E-state index contributed by atoms with van der Waals surface area (Å²) in [6.07, 6.45) is 0.711. The molecule has 3 rings (SSSR count). The van der Waals surface area contributed by atoms with Gasteiger partial charge in [0.25, 0.3) is 0 Å². The summed E-state index contributed by atoms with van der Waals surface area (Å²) < 4.78 is 26.3. The van der Waals surface area contributed by atoms with E-state index in [-0.39, 0.29) is 6.04 Å². The van der Waals surface area contributed by atoms with Crippen molar-refractivity contribution < 1.29 is 8.78 Å². The summed E-state index contributed by atoms with van der Waals surface area (Å²) in [5.74, 6) is -1.56. The topological polar surface area (TPSA) is 15.3 Å². The Morgan fingerprint density at radius 3 is 2.59 bits per heavy atom. The standard InChI is InChI=1S/C18H20F2N2/c19-17-7-6-15(11-18(17)20)10-16-13-22(9-8-21-16)12-14-4-2-1-3-5-14/h1-7,11,16,21H,8-10,12-13H2/t16-/m1/s1. The van der Waals surface area contributed by atoms with Gasteiger partial charge in [0.15, 0.2) is 11.6 Å². The molecule has 1 saturated heterocycles. The van der Waals surface area contributed by atoms with Crippen molar-refractivity contribution >= 4 is 0 Å². The van der Waals surface area contributed by atoms with Crippen molar-refractivity contribution in [1.82, 2.24) is 10.2 Å². The van der Waals surface area contributed by atoms with E-state index in [9.17, 15) is 8.78 Å². The highest BCUT2D eigenvalue weighted by atomic mass is 19.2. The molecule has 0 aliphatic carbocycles. The molecular weight excluding hydrogens is 282 g/mol. The molecule has 1 aliphatic rings. The van der Waals surface area contributed by atoms with Gasteiger partial charge < -0.3 is 5.32 Å². The number of nitrogens with one attached hydrogen (secondary N) is 1. The lowest BCUT2D eigenvalue weighted by atomic mass is 10.0. The summed E-state index contributed by atoms with van der Waals surface area (Å²) >= 11 is 0. The third-order valence-corrected chi connectivity index (χ3v) is 4.05. The number of hydrogen-bond acceptors (Lipinski definition) is 2. The van der Waals surface area contributed by atoms with Gasteiger partial charge in [-0.1, -0.05) is 36.4 Å². The second kappa shape index (κ2) is 6.99. The van der Waals surface area contributed by atoms with Crippen molar-refractivity contribution in [3.05, 3.63) is 71.3 Å². The van der Waals surface area contributed by atoms with Gasteiger partial charge in [-0.3, -0.25) is 4.90 Å². The number of halogens is 2. The minimum Gasteiger partial charge on any atom is -0.311 e. The molecule has 0 saturated carbocycles. The summed E-state index contributed by atoms with van der Waals surface area (Å²) in [5.41, 5.74) is 2.13. The fourth-order valence-electron chi connectivity index (χ4n) is 2.97. The summed E-state index contributed by atoms with van der Waals surface area (Å²) in [6.45, 7) is 3.76. The van der Waals surface area contributed by atoms with Gasteiger partial charge in [-0.05, 0) is 29.7 Å². The fraction of sp³-hybridized carbons (Fsp3) is 0.333. The Kier molecular flexibility index (Phi) is 4.80. The zero-order valence-corrected chi connectivity index (χ0v) is 12.4. The lowest BCUT2D eigenvalue weighted by Gasteiger charge is -2.34. The summed E-state index contributed by atoms with van der Waals surface area (Å²) in [6, 6.07) is 14.8. The van der Waals surface area contributed by atoms with E-state index in [0.29, 0.717) is 6.42 Å². The Morgan fingerprint density at radius 2 is 1.82 bits per heavy atom. The van der Waals surface area contributed by atoms with E-state index in [4.69, 9.17) is 0 Å². The molecule has 0 unspecified atom stereocenters. The lowest BCUT2D eigenvalue weighted by Crippen LogP contribution is -2.51. The zero-order chi connectivity index (χ0) is 15.4. The van der Waals surface area contributed by atoms with Gasteiger partial charge in [0.2, 0.25) is 0 Å². The van der Waals surface area contributed by atoms with Crippen LogP contribution < -0.4 is 5.32 Å². The van der Waals surface area contributed by atoms with Gasteiger partial charge >= 0.3 is 0 Å². The van der Waals surface area contributed by atoms with E-state index < -0.39 is 11.6 Å². The fourth-order valence-corrected chi connectivity index (χ4v) is 2.97. The Labute approximate surface area is 129 Å². The van der Waals surface area contributed by atoms with Gasteiger partial charge in [-0.15, -0.1) is 0 Å². The molecule has 0 radical (unpaired) electrons. The quantitative estimate of drug-likeness (QED) is 0.934. The van der Waals surface area contributed by atoms with Gasteiger partial charge in [-0.2, -0.15) is 0 Å². The van der Waals surface area contributed by atoms with Crippen molar-refractivity contribution in [3.8, 4) is 0 Å². The number of nitrogens with zero attached hydrogens (tertiary/aromatic N) is 1. The molecule has 1 fully saturated rings. The zero-order valence-electron chi connectivity index (χ0n) is 12.4. The Hall–Kier alpha value is -1.78. The average molecular weight is 302 g/mol. The van der Waals surface area contributed by atoms with Crippen LogP contribution in [-0.4, -0.2) is 30.6 Å². The van der Waals surface area contributed by atoms with E-state index in [1.54, 1.807) is 6.07 Å². The molecular formula is C18H20F2N2. The molecule has 116 valence electrons. The van der Waals surface area contributed by atoms with Crippen LogP contribution in [0, 0.1) is 11.6 Å². The SMILES string of the molecule is Fc1ccc(C[C@@H]2CN(Cc3ccccc3)CCN2)cc1F. The first-order valence-corrected chi connectivity index (χ1v) is 7.64. The minimum atomic E-state index is -0.786. The van der Waals surface area contributed by atoms with Crippen LogP contribution in [0.25, 0.3) is 0 Å². The predicted octanol–water partition coefficient (Wildman–Crippen LogP) is 2.98. The van der Waals surface area contributed by atoms with Crippen molar-refractivity contribution in [3.63, 3.8) is 0 Å². The summed E-state index contributed by atoms with van der Waals surface area (Å²) in [4.78, 5) is 2.40. The molecule has 2 nitrogen and oxygen atoms in total. The highest BCUT2D eigenvalue weighted by Crippen LogP contribution is 2.13. The number of rotatable bonds is 4. The molecule has 0 bridgehead atoms. The monoisotopic (exact) mass is 302 g/mol. The van der Waals surface area contributed by atoms with Crippen LogP contribution in [0.15, 0.2) is 48.5 Å². The molecule has 1 heterocycles. The van der Waals surface area contributed by atoms with Crippen molar-refractivity contribution in [2.24, 2.45) is 0 Å². The Bertz CT molecular complexity index is 616. The Balaban J connectivity index is 1.59. The maximum atomic E-state index is 13.3. The molecule has 0 aromatic heterocycles. The first-order valence-electron chi connectivity index (χ1n) is 7.64. The molecule has 1 atom stereocenters. The van der Waals surface area contributed by atoms with Gasteiger partial charge in [0.05, 0.1) is 0 Å². The highest BCUT2D eigenvalue weighted by molar-refractivity contribution is 5.19. The number of hydrogen-bond donors (Lipinski definition) is 1. The predicted molar refractivity (Wildman–Crippen MR) is 83.6 cm³/mol. The molecule has 0 amide bonds. The van der Waals surface area contributed by atoms with Crippen LogP contribution in [0.2, 0.25) is 0 Å².